The molecule has 92 valence electrons. The number of nitrogens with two attached hydrogens (primary N) is 1. The first kappa shape index (κ1) is 12.1. The molecule has 1 aliphatic heterocycles. The molecule has 0 aromatic heterocycles. The summed E-state index contributed by atoms with van der Waals surface area (Å²) in [4.78, 5) is 11.4. The summed E-state index contributed by atoms with van der Waals surface area (Å²) in [5.74, 6) is -0.327. The Balaban J connectivity index is 2.17. The predicted octanol–water partition coefficient (Wildman–Crippen LogP) is 1.65. The van der Waals surface area contributed by atoms with E-state index < -0.39 is 0 Å². The van der Waals surface area contributed by atoms with E-state index in [-0.39, 0.29) is 18.1 Å². The number of hydrogen-bond acceptors (Lipinski definition) is 4. The summed E-state index contributed by atoms with van der Waals surface area (Å²) >= 11 is 0. The van der Waals surface area contributed by atoms with Crippen LogP contribution >= 0.6 is 0 Å². The second kappa shape index (κ2) is 5.29. The highest BCUT2D eigenvalue weighted by atomic mass is 16.5. The number of ether oxygens (including phenoxy) is 2. The Morgan fingerprint density at radius 2 is 2.35 bits per heavy atom. The molecule has 0 amide bonds. The molecular formula is C13H17NO3. The van der Waals surface area contributed by atoms with E-state index in [0.29, 0.717) is 12.2 Å². The molecule has 2 rings (SSSR count). The molecule has 0 unspecified atom stereocenters. The SMILES string of the molecule is COC(=O)c1cccc([C@@H]2C[C@@H](N)CCO2)c1. The van der Waals surface area contributed by atoms with Crippen molar-refractivity contribution in [2.24, 2.45) is 5.73 Å². The monoisotopic (exact) mass is 235 g/mol. The second-order valence-electron chi connectivity index (χ2n) is 4.26. The largest absolute Gasteiger partial charge is 0.465 e. The van der Waals surface area contributed by atoms with E-state index in [1.807, 2.05) is 18.2 Å². The Kier molecular flexibility index (Phi) is 3.76. The molecule has 17 heavy (non-hydrogen) atoms. The minimum Gasteiger partial charge on any atom is -0.465 e. The smallest absolute Gasteiger partial charge is 0.337 e. The lowest BCUT2D eigenvalue weighted by molar-refractivity contribution is 0.00662. The number of carbonyl (C=O) groups excluding carboxylic acids is 1. The minimum absolute atomic E-state index is 0.0108. The van der Waals surface area contributed by atoms with E-state index >= 15 is 0 Å². The van der Waals surface area contributed by atoms with Crippen molar-refractivity contribution < 1.29 is 14.3 Å². The Bertz CT molecular complexity index is 405. The summed E-state index contributed by atoms with van der Waals surface area (Å²) in [6.07, 6.45) is 1.68. The Morgan fingerprint density at radius 1 is 1.53 bits per heavy atom. The van der Waals surface area contributed by atoms with Gasteiger partial charge in [-0.15, -0.1) is 0 Å². The fraction of sp³-hybridized carbons (Fsp3) is 0.462. The van der Waals surface area contributed by atoms with Gasteiger partial charge in [0, 0.05) is 12.6 Å². The van der Waals surface area contributed by atoms with Crippen molar-refractivity contribution in [2.45, 2.75) is 25.0 Å². The third kappa shape index (κ3) is 2.84. The van der Waals surface area contributed by atoms with Gasteiger partial charge in [0.15, 0.2) is 0 Å². The molecule has 1 heterocycles. The van der Waals surface area contributed by atoms with Crippen LogP contribution in [-0.2, 0) is 9.47 Å². The number of methoxy groups -OCH3 is 1. The van der Waals surface area contributed by atoms with E-state index in [1.165, 1.54) is 7.11 Å². The van der Waals surface area contributed by atoms with E-state index in [1.54, 1.807) is 6.07 Å². The second-order valence-corrected chi connectivity index (χ2v) is 4.26. The zero-order valence-corrected chi connectivity index (χ0v) is 9.89. The summed E-state index contributed by atoms with van der Waals surface area (Å²) in [6, 6.07) is 7.52. The Hall–Kier alpha value is -1.39. The average Bonchev–Trinajstić information content (AvgIpc) is 2.38. The van der Waals surface area contributed by atoms with E-state index in [0.717, 1.165) is 18.4 Å². The molecule has 0 bridgehead atoms. The van der Waals surface area contributed by atoms with Crippen molar-refractivity contribution in [2.75, 3.05) is 13.7 Å². The molecule has 2 N–H and O–H groups in total. The van der Waals surface area contributed by atoms with Crippen molar-refractivity contribution in [3.8, 4) is 0 Å². The van der Waals surface area contributed by atoms with E-state index in [4.69, 9.17) is 15.2 Å². The van der Waals surface area contributed by atoms with Gasteiger partial charge in [-0.25, -0.2) is 4.79 Å². The van der Waals surface area contributed by atoms with Gasteiger partial charge in [-0.3, -0.25) is 0 Å². The topological polar surface area (TPSA) is 61.5 Å². The van der Waals surface area contributed by atoms with Crippen LogP contribution in [0.3, 0.4) is 0 Å². The lowest BCUT2D eigenvalue weighted by Gasteiger charge is -2.27. The first-order valence-corrected chi connectivity index (χ1v) is 5.76. The van der Waals surface area contributed by atoms with Gasteiger partial charge >= 0.3 is 5.97 Å². The summed E-state index contributed by atoms with van der Waals surface area (Å²) < 4.78 is 10.4. The fourth-order valence-electron chi connectivity index (χ4n) is 2.04. The highest BCUT2D eigenvalue weighted by Gasteiger charge is 2.22. The Morgan fingerprint density at radius 3 is 3.06 bits per heavy atom. The van der Waals surface area contributed by atoms with Crippen LogP contribution in [-0.4, -0.2) is 25.7 Å². The highest BCUT2D eigenvalue weighted by molar-refractivity contribution is 5.89. The van der Waals surface area contributed by atoms with Gasteiger partial charge < -0.3 is 15.2 Å². The van der Waals surface area contributed by atoms with Crippen LogP contribution < -0.4 is 5.73 Å². The van der Waals surface area contributed by atoms with Crippen LogP contribution in [0, 0.1) is 0 Å². The molecule has 1 aliphatic rings. The maximum atomic E-state index is 11.4. The first-order chi connectivity index (χ1) is 8.20. The molecule has 1 fully saturated rings. The molecule has 0 aliphatic carbocycles. The summed E-state index contributed by atoms with van der Waals surface area (Å²) in [5, 5.41) is 0. The number of rotatable bonds is 2. The lowest BCUT2D eigenvalue weighted by Crippen LogP contribution is -2.30. The summed E-state index contributed by atoms with van der Waals surface area (Å²) in [5.41, 5.74) is 7.45. The zero-order valence-electron chi connectivity index (χ0n) is 9.89. The number of esters is 1. The number of hydrogen-bond donors (Lipinski definition) is 1. The van der Waals surface area contributed by atoms with Crippen LogP contribution in [0.4, 0.5) is 0 Å². The zero-order chi connectivity index (χ0) is 12.3. The van der Waals surface area contributed by atoms with Gasteiger partial charge in [0.05, 0.1) is 18.8 Å². The van der Waals surface area contributed by atoms with Gasteiger partial charge in [-0.05, 0) is 30.5 Å². The number of carbonyl (C=O) groups is 1. The molecule has 4 nitrogen and oxygen atoms in total. The van der Waals surface area contributed by atoms with Crippen LogP contribution in [0.25, 0.3) is 0 Å². The maximum absolute atomic E-state index is 11.4. The third-order valence-corrected chi connectivity index (χ3v) is 3.00. The standard InChI is InChI=1S/C13H17NO3/c1-16-13(15)10-4-2-3-9(7-10)12-8-11(14)5-6-17-12/h2-4,7,11-12H,5-6,8,14H2,1H3/t11-,12-/m0/s1. The van der Waals surface area contributed by atoms with Crippen molar-refractivity contribution in [3.63, 3.8) is 0 Å². The van der Waals surface area contributed by atoms with Gasteiger partial charge in [-0.1, -0.05) is 12.1 Å². The van der Waals surface area contributed by atoms with Gasteiger partial charge in [0.1, 0.15) is 0 Å². The van der Waals surface area contributed by atoms with E-state index in [2.05, 4.69) is 0 Å². The summed E-state index contributed by atoms with van der Waals surface area (Å²) in [6.45, 7) is 0.675. The molecule has 1 aromatic carbocycles. The quantitative estimate of drug-likeness (QED) is 0.792. The van der Waals surface area contributed by atoms with Gasteiger partial charge in [-0.2, -0.15) is 0 Å². The van der Waals surface area contributed by atoms with Crippen LogP contribution in [0.15, 0.2) is 24.3 Å². The maximum Gasteiger partial charge on any atom is 0.337 e. The highest BCUT2D eigenvalue weighted by Crippen LogP contribution is 2.27. The Labute approximate surface area is 101 Å². The van der Waals surface area contributed by atoms with Crippen LogP contribution in [0.2, 0.25) is 0 Å². The van der Waals surface area contributed by atoms with Gasteiger partial charge in [0.25, 0.3) is 0 Å². The summed E-state index contributed by atoms with van der Waals surface area (Å²) in [7, 11) is 1.38. The molecule has 2 atom stereocenters. The number of benzene rings is 1. The van der Waals surface area contributed by atoms with Crippen molar-refractivity contribution in [3.05, 3.63) is 35.4 Å². The van der Waals surface area contributed by atoms with Crippen molar-refractivity contribution in [1.82, 2.24) is 0 Å². The molecule has 0 radical (unpaired) electrons. The average molecular weight is 235 g/mol. The molecular weight excluding hydrogens is 218 g/mol. The molecule has 1 saturated heterocycles. The lowest BCUT2D eigenvalue weighted by atomic mass is 9.97. The minimum atomic E-state index is -0.327. The van der Waals surface area contributed by atoms with Crippen LogP contribution in [0.1, 0.15) is 34.9 Å². The van der Waals surface area contributed by atoms with Crippen molar-refractivity contribution in [1.29, 1.82) is 0 Å². The third-order valence-electron chi connectivity index (χ3n) is 3.00. The van der Waals surface area contributed by atoms with Crippen molar-refractivity contribution >= 4 is 5.97 Å². The molecule has 4 heteroatoms. The predicted molar refractivity (Wildman–Crippen MR) is 63.7 cm³/mol. The first-order valence-electron chi connectivity index (χ1n) is 5.76. The van der Waals surface area contributed by atoms with Gasteiger partial charge in [0.2, 0.25) is 0 Å². The molecule has 0 saturated carbocycles. The van der Waals surface area contributed by atoms with Crippen LogP contribution in [0.5, 0.6) is 0 Å². The molecule has 1 aromatic rings. The van der Waals surface area contributed by atoms with E-state index in [9.17, 15) is 4.79 Å². The molecule has 0 spiro atoms. The normalized spacial score (nSPS) is 24.4. The fourth-order valence-corrected chi connectivity index (χ4v) is 2.04.